The maximum atomic E-state index is 2.56. The zero-order chi connectivity index (χ0) is 84.4. The van der Waals surface area contributed by atoms with E-state index < -0.39 is 0 Å². The predicted molar refractivity (Wildman–Crippen MR) is 508 cm³/mol. The average Bonchev–Trinajstić information content (AvgIpc) is 1.54. The first kappa shape index (κ1) is 91.7. The lowest BCUT2D eigenvalue weighted by atomic mass is 9.55. The van der Waals surface area contributed by atoms with Crippen molar-refractivity contribution in [1.82, 2.24) is 0 Å². The lowest BCUT2D eigenvalue weighted by Gasteiger charge is -2.50. The molecule has 0 aromatic rings. The van der Waals surface area contributed by atoms with Crippen LogP contribution >= 0.6 is 0 Å². The smallest absolute Gasteiger partial charge is 0.0220 e. The van der Waals surface area contributed by atoms with Gasteiger partial charge in [-0.1, -0.05) is 271 Å². The molecule has 24 fully saturated rings. The number of rotatable bonds is 8. The SMILES string of the molecule is CC(C)[C@@]1(C)CC2CCC1C2.CC1(C)CC2CC1C1C3CCC(C3)C21.CC1(C)CC2CC1C1CCCC21.CC1(C)CC2CCC1(C)C2(C)C.CC1(C)CC2CCC1C2.CC12CCC(C1)C(C)(C)C2(C)C.CCC(C)[C@@]1(C)CC2CCC1C2.CCCC[C@@]1(C)CC2CCC1C2.CC[C@@]1(C)CC2CC1C1CCCC21.CC[C@@]1(C)CC2CCC1C2. The molecule has 674 valence electrons. The fourth-order valence-corrected chi connectivity index (χ4v) is 40.3. The molecule has 0 heteroatoms. The van der Waals surface area contributed by atoms with Crippen LogP contribution in [0.15, 0.2) is 0 Å². The second-order valence-corrected chi connectivity index (χ2v) is 57.3. The summed E-state index contributed by atoms with van der Waals surface area (Å²) < 4.78 is 0. The Kier molecular flexibility index (Phi) is 26.0. The molecule has 29 unspecified atom stereocenters. The molecule has 0 heterocycles. The van der Waals surface area contributed by atoms with Crippen LogP contribution in [0.2, 0.25) is 0 Å². The molecule has 0 nitrogen and oxygen atoms in total. The van der Waals surface area contributed by atoms with Crippen molar-refractivity contribution in [3.8, 4) is 0 Å². The molecule has 24 saturated carbocycles. The van der Waals surface area contributed by atoms with Crippen LogP contribution in [0.4, 0.5) is 0 Å². The summed E-state index contributed by atoms with van der Waals surface area (Å²) in [5.74, 6) is 31.0. The third-order valence-corrected chi connectivity index (χ3v) is 50.2. The van der Waals surface area contributed by atoms with Crippen LogP contribution in [0.3, 0.4) is 0 Å². The minimum Gasteiger partial charge on any atom is -0.0654 e. The molecule has 0 amide bonds. The maximum Gasteiger partial charge on any atom is -0.0220 e. The average molecular weight is 1610 g/mol. The van der Waals surface area contributed by atoms with Crippen LogP contribution in [-0.4, -0.2) is 0 Å². The minimum atomic E-state index is 0.545. The number of hydrogen-bond acceptors (Lipinski definition) is 0. The summed E-state index contributed by atoms with van der Waals surface area (Å²) in [6.45, 7) is 69.2. The standard InChI is InChI=1S/C14H22.C13H22.C12H20.4C12H22.C11H20.C10H18.C9H16/c1-14(2)7-10-6-11(14)13-9-4-3-8(5-9)12(10)13;1-3-13(2)8-9-7-12(13)11-6-4-5-10(9)11;1-12(2)7-8-6-11(12)10-5-3-4-9(8)10;1-10(2)9-6-7-12(5,8-9)11(10,3)4;1-10(2)8-9-6-7-12(10,5)11(9,3)4;1-4-9(2)12(3)8-10-5-6-11(12)7-10;1-3-4-7-12(2)9-10-5-6-11(12)8-10;1-8(2)11(3)7-9-4-5-10(11)6-9;1-3-10(2)7-8-4-5-9(10)6-8;1-9(2)6-7-3-4-8(9)5-7/h8-13H,3-7H2,1-2H3;9-12H,3-8H2,1-2H3;8-11H,3-7H2,1-2H3;2*9H,6-8H2,1-5H3;9-11H,4-8H2,1-3H3;10-11H,3-9H2,1-2H3;8-10H,4-7H2,1-3H3;8-9H,3-7H2,1-2H3;7-8H,3-6H2,1-2H3/t;9?,10?,11?,12?,13-;;;;9?,10?,11?,12-;10?,11?,12-;9?,10?,11-;8?,9?,10-;/m.0...1010./s1. The minimum absolute atomic E-state index is 0.545. The van der Waals surface area contributed by atoms with Crippen LogP contribution < -0.4 is 0 Å². The molecule has 0 radical (unpaired) electrons. The lowest BCUT2D eigenvalue weighted by Crippen LogP contribution is -2.42. The largest absolute Gasteiger partial charge is 0.0654 e. The third-order valence-electron chi connectivity index (χ3n) is 50.2. The second-order valence-electron chi connectivity index (χ2n) is 57.3. The van der Waals surface area contributed by atoms with E-state index in [0.717, 1.165) is 152 Å². The molecule has 34 atom stereocenters. The van der Waals surface area contributed by atoms with Crippen molar-refractivity contribution in [1.29, 1.82) is 0 Å². The van der Waals surface area contributed by atoms with E-state index in [2.05, 4.69) is 194 Å². The van der Waals surface area contributed by atoms with Gasteiger partial charge in [-0.15, -0.1) is 0 Å². The molecule has 0 spiro atoms. The Morgan fingerprint density at radius 3 is 1.14 bits per heavy atom. The Labute approximate surface area is 732 Å². The summed E-state index contributed by atoms with van der Waals surface area (Å²) in [4.78, 5) is 0. The summed E-state index contributed by atoms with van der Waals surface area (Å²) in [6, 6.07) is 0. The summed E-state index contributed by atoms with van der Waals surface area (Å²) in [5.41, 5.74) is 9.35. The van der Waals surface area contributed by atoms with Crippen LogP contribution in [0.1, 0.15) is 496 Å². The van der Waals surface area contributed by atoms with E-state index in [9.17, 15) is 0 Å². The summed E-state index contributed by atoms with van der Waals surface area (Å²) in [6.07, 6.45) is 71.8. The van der Waals surface area contributed by atoms with Gasteiger partial charge in [-0.25, -0.2) is 0 Å². The van der Waals surface area contributed by atoms with Gasteiger partial charge >= 0.3 is 0 Å². The predicted octanol–water partition coefficient (Wildman–Crippen LogP) is 36.1. The van der Waals surface area contributed by atoms with Crippen LogP contribution in [0.5, 0.6) is 0 Å². The van der Waals surface area contributed by atoms with Crippen molar-refractivity contribution in [2.24, 2.45) is 242 Å². The van der Waals surface area contributed by atoms with E-state index in [1.165, 1.54) is 183 Å². The molecule has 117 heavy (non-hydrogen) atoms. The molecule has 22 bridgehead atoms. The molecule has 24 aliphatic rings. The van der Waals surface area contributed by atoms with E-state index in [-0.39, 0.29) is 0 Å². The van der Waals surface area contributed by atoms with Gasteiger partial charge in [0.15, 0.2) is 0 Å². The molecular weight excluding hydrogens is 1410 g/mol. The number of unbranched alkanes of at least 4 members (excludes halogenated alkanes) is 1. The highest BCUT2D eigenvalue weighted by molar-refractivity contribution is 5.17. The van der Waals surface area contributed by atoms with Gasteiger partial charge in [-0.05, 0) is 466 Å². The lowest BCUT2D eigenvalue weighted by molar-refractivity contribution is -0.0111. The highest BCUT2D eigenvalue weighted by Gasteiger charge is 2.68. The quantitative estimate of drug-likeness (QED) is 0.213. The van der Waals surface area contributed by atoms with Crippen molar-refractivity contribution in [2.45, 2.75) is 496 Å². The zero-order valence-corrected chi connectivity index (χ0v) is 84.4. The Morgan fingerprint density at radius 2 is 0.752 bits per heavy atom. The van der Waals surface area contributed by atoms with Crippen LogP contribution in [-0.2, 0) is 0 Å². The molecule has 0 aromatic carbocycles. The highest BCUT2D eigenvalue weighted by atomic mass is 14.7. The van der Waals surface area contributed by atoms with Gasteiger partial charge in [0.05, 0.1) is 0 Å². The molecule has 24 aliphatic carbocycles. The van der Waals surface area contributed by atoms with Crippen LogP contribution in [0.25, 0.3) is 0 Å². The van der Waals surface area contributed by atoms with Gasteiger partial charge in [0.2, 0.25) is 0 Å². The van der Waals surface area contributed by atoms with E-state index >= 15 is 0 Å². The van der Waals surface area contributed by atoms with Gasteiger partial charge < -0.3 is 0 Å². The molecule has 0 aromatic heterocycles. The van der Waals surface area contributed by atoms with E-state index in [4.69, 9.17) is 0 Å². The van der Waals surface area contributed by atoms with Gasteiger partial charge in [0.1, 0.15) is 0 Å². The summed E-state index contributed by atoms with van der Waals surface area (Å²) in [5, 5.41) is 0. The van der Waals surface area contributed by atoms with Gasteiger partial charge in [0, 0.05) is 0 Å². The summed E-state index contributed by atoms with van der Waals surface area (Å²) in [7, 11) is 0. The van der Waals surface area contributed by atoms with Crippen molar-refractivity contribution in [2.75, 3.05) is 0 Å². The van der Waals surface area contributed by atoms with Gasteiger partial charge in [0.25, 0.3) is 0 Å². The molecular formula is C117H206. The molecule has 24 rings (SSSR count). The Hall–Kier alpha value is 0. The molecule has 0 saturated heterocycles. The summed E-state index contributed by atoms with van der Waals surface area (Å²) >= 11 is 0. The first-order valence-corrected chi connectivity index (χ1v) is 54.7. The number of fused-ring (bicyclic) bond motifs is 33. The third kappa shape index (κ3) is 16.2. The maximum absolute atomic E-state index is 2.56. The van der Waals surface area contributed by atoms with E-state index in [1.807, 2.05) is 0 Å². The second kappa shape index (κ2) is 33.2. The van der Waals surface area contributed by atoms with Gasteiger partial charge in [-0.2, -0.15) is 0 Å². The van der Waals surface area contributed by atoms with Crippen molar-refractivity contribution in [3.05, 3.63) is 0 Å². The van der Waals surface area contributed by atoms with Gasteiger partial charge in [-0.3, -0.25) is 0 Å². The van der Waals surface area contributed by atoms with Crippen molar-refractivity contribution < 1.29 is 0 Å². The molecule has 0 aliphatic heterocycles. The van der Waals surface area contributed by atoms with Crippen molar-refractivity contribution in [3.63, 3.8) is 0 Å². The monoisotopic (exact) mass is 1610 g/mol. The zero-order valence-electron chi connectivity index (χ0n) is 84.4. The Morgan fingerprint density at radius 1 is 0.299 bits per heavy atom. The number of hydrogen-bond donors (Lipinski definition) is 0. The first-order chi connectivity index (χ1) is 54.7. The normalized spacial score (nSPS) is 51.7. The van der Waals surface area contributed by atoms with Crippen LogP contribution in [0, 0.1) is 242 Å². The topological polar surface area (TPSA) is 0 Å². The fraction of sp³-hybridized carbons (Fsp3) is 1.00. The highest BCUT2D eigenvalue weighted by Crippen LogP contribution is 2.76. The first-order valence-electron chi connectivity index (χ1n) is 54.7. The van der Waals surface area contributed by atoms with Crippen molar-refractivity contribution >= 4 is 0 Å². The Bertz CT molecular complexity index is 3280. The Balaban J connectivity index is 0.000000102. The van der Waals surface area contributed by atoms with E-state index in [0.29, 0.717) is 54.1 Å². The van der Waals surface area contributed by atoms with E-state index in [1.54, 1.807) is 154 Å². The molecule has 0 N–H and O–H groups in total. The fourth-order valence-electron chi connectivity index (χ4n) is 40.3.